The number of nitrogens with zero attached hydrogens (tertiary/aromatic N) is 5. The van der Waals surface area contributed by atoms with Crippen molar-refractivity contribution in [2.75, 3.05) is 13.1 Å². The molecule has 144 valence electrons. The average molecular weight is 377 g/mol. The molecule has 3 heterocycles. The number of pyridine rings is 1. The molecule has 4 rings (SSSR count). The van der Waals surface area contributed by atoms with Crippen molar-refractivity contribution < 1.29 is 9.90 Å². The lowest BCUT2D eigenvalue weighted by atomic mass is 10.1. The van der Waals surface area contributed by atoms with Gasteiger partial charge in [-0.15, -0.1) is 5.10 Å². The summed E-state index contributed by atoms with van der Waals surface area (Å²) in [4.78, 5) is 19.0. The standard InChI is InChI=1S/C21H23N5O2/c1-14(2)26-13-18(23-24-26)15-7-5-10-25(11-9-15)21(28)19-20(27)17-8-4-3-6-16(17)12-22-19/h3-4,6-8,12-14,27H,5,9-11H2,1-2H3. The summed E-state index contributed by atoms with van der Waals surface area (Å²) >= 11 is 0. The van der Waals surface area contributed by atoms with E-state index in [0.717, 1.165) is 23.1 Å². The number of fused-ring (bicyclic) bond motifs is 1. The molecule has 7 heteroatoms. The van der Waals surface area contributed by atoms with E-state index in [1.807, 2.05) is 29.1 Å². The molecule has 1 aromatic carbocycles. The molecule has 0 unspecified atom stereocenters. The zero-order chi connectivity index (χ0) is 19.7. The van der Waals surface area contributed by atoms with Crippen LogP contribution in [0.25, 0.3) is 16.3 Å². The van der Waals surface area contributed by atoms with Crippen LogP contribution in [0.5, 0.6) is 5.75 Å². The van der Waals surface area contributed by atoms with Gasteiger partial charge >= 0.3 is 0 Å². The van der Waals surface area contributed by atoms with Crippen LogP contribution in [0.4, 0.5) is 0 Å². The van der Waals surface area contributed by atoms with Gasteiger partial charge in [0.15, 0.2) is 11.4 Å². The van der Waals surface area contributed by atoms with Gasteiger partial charge in [0.2, 0.25) is 0 Å². The van der Waals surface area contributed by atoms with Gasteiger partial charge in [0.05, 0.1) is 6.20 Å². The highest BCUT2D eigenvalue weighted by Gasteiger charge is 2.24. The predicted molar refractivity (Wildman–Crippen MR) is 107 cm³/mol. The summed E-state index contributed by atoms with van der Waals surface area (Å²) < 4.78 is 1.83. The van der Waals surface area contributed by atoms with E-state index in [0.29, 0.717) is 24.9 Å². The van der Waals surface area contributed by atoms with Gasteiger partial charge in [0.25, 0.3) is 5.91 Å². The van der Waals surface area contributed by atoms with Crippen molar-refractivity contribution in [3.8, 4) is 5.75 Å². The highest BCUT2D eigenvalue weighted by Crippen LogP contribution is 2.28. The van der Waals surface area contributed by atoms with Crippen LogP contribution in [0.2, 0.25) is 0 Å². The fourth-order valence-electron chi connectivity index (χ4n) is 3.43. The highest BCUT2D eigenvalue weighted by atomic mass is 16.3. The summed E-state index contributed by atoms with van der Waals surface area (Å²) in [5.74, 6) is -0.302. The number of hydrogen-bond acceptors (Lipinski definition) is 5. The van der Waals surface area contributed by atoms with E-state index in [2.05, 4.69) is 35.2 Å². The molecule has 7 nitrogen and oxygen atoms in total. The third kappa shape index (κ3) is 3.35. The Labute approximate surface area is 163 Å². The Hall–Kier alpha value is -3.22. The number of benzene rings is 1. The van der Waals surface area contributed by atoms with Gasteiger partial charge in [-0.3, -0.25) is 4.79 Å². The number of hydrogen-bond donors (Lipinski definition) is 1. The molecule has 28 heavy (non-hydrogen) atoms. The first-order valence-corrected chi connectivity index (χ1v) is 9.52. The first-order chi connectivity index (χ1) is 13.5. The van der Waals surface area contributed by atoms with Crippen LogP contribution >= 0.6 is 0 Å². The number of rotatable bonds is 3. The van der Waals surface area contributed by atoms with Crippen LogP contribution in [0.3, 0.4) is 0 Å². The fraction of sp³-hybridized carbons (Fsp3) is 0.333. The molecule has 0 radical (unpaired) electrons. The maximum absolute atomic E-state index is 13.0. The Balaban J connectivity index is 1.52. The number of aromatic hydroxyl groups is 1. The maximum atomic E-state index is 13.0. The van der Waals surface area contributed by atoms with Crippen molar-refractivity contribution in [3.63, 3.8) is 0 Å². The minimum absolute atomic E-state index is 0.0552. The Morgan fingerprint density at radius 1 is 1.21 bits per heavy atom. The molecule has 1 amide bonds. The summed E-state index contributed by atoms with van der Waals surface area (Å²) in [7, 11) is 0. The van der Waals surface area contributed by atoms with Gasteiger partial charge < -0.3 is 10.0 Å². The molecule has 1 aliphatic rings. The molecule has 0 saturated carbocycles. The second-order valence-electron chi connectivity index (χ2n) is 7.28. The number of carbonyl (C=O) groups excluding carboxylic acids is 1. The molecular formula is C21H23N5O2. The van der Waals surface area contributed by atoms with Gasteiger partial charge in [-0.1, -0.05) is 35.6 Å². The molecule has 3 aromatic rings. The zero-order valence-corrected chi connectivity index (χ0v) is 16.0. The molecule has 2 aromatic heterocycles. The van der Waals surface area contributed by atoms with Gasteiger partial charge in [0.1, 0.15) is 5.69 Å². The lowest BCUT2D eigenvalue weighted by Gasteiger charge is -2.20. The lowest BCUT2D eigenvalue weighted by Crippen LogP contribution is -2.32. The van der Waals surface area contributed by atoms with Gasteiger partial charge in [-0.05, 0) is 32.3 Å². The van der Waals surface area contributed by atoms with E-state index in [1.54, 1.807) is 17.2 Å². The number of aromatic nitrogens is 4. The first kappa shape index (κ1) is 18.2. The SMILES string of the molecule is CC(C)n1cc(C2=CCCN(C(=O)c3ncc4ccccc4c3O)CC2)nn1. The molecule has 0 aliphatic carbocycles. The van der Waals surface area contributed by atoms with Gasteiger partial charge in [0, 0.05) is 36.1 Å². The highest BCUT2D eigenvalue weighted by molar-refractivity contribution is 6.01. The molecular weight excluding hydrogens is 354 g/mol. The van der Waals surface area contributed by atoms with E-state index < -0.39 is 0 Å². The monoisotopic (exact) mass is 377 g/mol. The van der Waals surface area contributed by atoms with Crippen molar-refractivity contribution in [1.82, 2.24) is 24.9 Å². The molecule has 0 saturated heterocycles. The van der Waals surface area contributed by atoms with Crippen molar-refractivity contribution in [1.29, 1.82) is 0 Å². The average Bonchev–Trinajstić information content (AvgIpc) is 3.07. The van der Waals surface area contributed by atoms with Crippen molar-refractivity contribution in [2.45, 2.75) is 32.7 Å². The van der Waals surface area contributed by atoms with E-state index in [4.69, 9.17) is 0 Å². The Bertz CT molecular complexity index is 1050. The number of carbonyl (C=O) groups is 1. The van der Waals surface area contributed by atoms with Crippen LogP contribution in [0.15, 0.2) is 42.7 Å². The van der Waals surface area contributed by atoms with Crippen molar-refractivity contribution >= 4 is 22.3 Å². The molecule has 1 aliphatic heterocycles. The largest absolute Gasteiger partial charge is 0.505 e. The fourth-order valence-corrected chi connectivity index (χ4v) is 3.43. The van der Waals surface area contributed by atoms with Crippen LogP contribution < -0.4 is 0 Å². The van der Waals surface area contributed by atoms with E-state index >= 15 is 0 Å². The number of amides is 1. The van der Waals surface area contributed by atoms with Crippen LogP contribution in [0, 0.1) is 0 Å². The molecule has 1 N–H and O–H groups in total. The normalized spacial score (nSPS) is 15.0. The van der Waals surface area contributed by atoms with E-state index in [-0.39, 0.29) is 23.4 Å². The minimum atomic E-state index is -0.247. The smallest absolute Gasteiger partial charge is 0.276 e. The Morgan fingerprint density at radius 2 is 2.04 bits per heavy atom. The topological polar surface area (TPSA) is 84.1 Å². The van der Waals surface area contributed by atoms with E-state index in [9.17, 15) is 9.90 Å². The molecule has 0 atom stereocenters. The lowest BCUT2D eigenvalue weighted by molar-refractivity contribution is 0.0755. The van der Waals surface area contributed by atoms with Gasteiger partial charge in [-0.2, -0.15) is 0 Å². The molecule has 0 bridgehead atoms. The quantitative estimate of drug-likeness (QED) is 0.756. The Morgan fingerprint density at radius 3 is 2.82 bits per heavy atom. The van der Waals surface area contributed by atoms with E-state index in [1.165, 1.54) is 0 Å². The summed E-state index contributed by atoms with van der Waals surface area (Å²) in [5, 5.41) is 20.4. The summed E-state index contributed by atoms with van der Waals surface area (Å²) in [6, 6.07) is 7.63. The molecule has 0 fully saturated rings. The minimum Gasteiger partial charge on any atom is -0.505 e. The van der Waals surface area contributed by atoms with Crippen molar-refractivity contribution in [3.05, 3.63) is 54.1 Å². The van der Waals surface area contributed by atoms with Crippen LogP contribution in [0.1, 0.15) is 48.9 Å². The van der Waals surface area contributed by atoms with Gasteiger partial charge in [-0.25, -0.2) is 9.67 Å². The van der Waals surface area contributed by atoms with Crippen LogP contribution in [-0.4, -0.2) is 49.0 Å². The first-order valence-electron chi connectivity index (χ1n) is 9.52. The van der Waals surface area contributed by atoms with Crippen molar-refractivity contribution in [2.24, 2.45) is 0 Å². The zero-order valence-electron chi connectivity index (χ0n) is 16.0. The maximum Gasteiger partial charge on any atom is 0.276 e. The molecule has 0 spiro atoms. The summed E-state index contributed by atoms with van der Waals surface area (Å²) in [6.07, 6.45) is 7.12. The second kappa shape index (κ2) is 7.42. The predicted octanol–water partition coefficient (Wildman–Crippen LogP) is 3.43. The second-order valence-corrected chi connectivity index (χ2v) is 7.28. The van der Waals surface area contributed by atoms with Crippen LogP contribution in [-0.2, 0) is 0 Å². The third-order valence-corrected chi connectivity index (χ3v) is 5.07. The summed E-state index contributed by atoms with van der Waals surface area (Å²) in [6.45, 7) is 5.24. The Kier molecular flexibility index (Phi) is 4.81. The summed E-state index contributed by atoms with van der Waals surface area (Å²) in [5.41, 5.74) is 2.06. The third-order valence-electron chi connectivity index (χ3n) is 5.07.